The molecule has 0 saturated carbocycles. The minimum Gasteiger partial charge on any atom is -0.354 e. The van der Waals surface area contributed by atoms with Crippen molar-refractivity contribution < 1.29 is 4.79 Å². The van der Waals surface area contributed by atoms with Crippen molar-refractivity contribution in [2.24, 2.45) is 0 Å². The van der Waals surface area contributed by atoms with Gasteiger partial charge in [0.2, 0.25) is 11.9 Å². The number of hydrogen-bond donors (Lipinski definition) is 1. The maximum atomic E-state index is 12.2. The maximum absolute atomic E-state index is 12.2. The molecule has 0 atom stereocenters. The summed E-state index contributed by atoms with van der Waals surface area (Å²) in [5, 5.41) is 4.29. The van der Waals surface area contributed by atoms with Gasteiger partial charge in [-0.1, -0.05) is 35.1 Å². The van der Waals surface area contributed by atoms with Crippen LogP contribution in [0.5, 0.6) is 0 Å². The molecule has 0 unspecified atom stereocenters. The minimum absolute atomic E-state index is 0.181. The number of anilines is 2. The van der Waals surface area contributed by atoms with E-state index in [2.05, 4.69) is 20.3 Å². The average molecular weight is 388 g/mol. The molecular weight excluding hydrogens is 370 g/mol. The Morgan fingerprint density at radius 3 is 2.58 bits per heavy atom. The quantitative estimate of drug-likeness (QED) is 0.720. The Kier molecular flexibility index (Phi) is 5.49. The van der Waals surface area contributed by atoms with Crippen LogP contribution in [0.4, 0.5) is 11.1 Å². The molecule has 0 fully saturated rings. The molecule has 0 radical (unpaired) electrons. The molecular formula is C18H18ClN5OS. The smallest absolute Gasteiger partial charge is 0.231 e. The van der Waals surface area contributed by atoms with Crippen LogP contribution in [-0.2, 0) is 11.2 Å². The van der Waals surface area contributed by atoms with Gasteiger partial charge in [0.25, 0.3) is 0 Å². The molecule has 0 saturated heterocycles. The lowest BCUT2D eigenvalue weighted by Crippen LogP contribution is -2.16. The number of aryl methyl sites for hydroxylation is 1. The third kappa shape index (κ3) is 4.36. The number of aromatic nitrogens is 3. The van der Waals surface area contributed by atoms with Crippen molar-refractivity contribution in [2.75, 3.05) is 24.3 Å². The summed E-state index contributed by atoms with van der Waals surface area (Å²) in [6.07, 6.45) is 1.86. The lowest BCUT2D eigenvalue weighted by atomic mass is 10.1. The molecule has 1 aromatic carbocycles. The highest BCUT2D eigenvalue weighted by molar-refractivity contribution is 7.19. The molecule has 1 N–H and O–H groups in total. The van der Waals surface area contributed by atoms with Gasteiger partial charge in [-0.25, -0.2) is 15.0 Å². The van der Waals surface area contributed by atoms with E-state index >= 15 is 0 Å². The van der Waals surface area contributed by atoms with Gasteiger partial charge >= 0.3 is 0 Å². The fraction of sp³-hybridized carbons (Fsp3) is 0.222. The number of carbonyl (C=O) groups is 1. The number of nitrogens with one attached hydrogen (secondary N) is 1. The SMILES string of the molecule is Cc1nc(N(C)C)sc1-c1ccnc(NC(=O)Cc2ccc(Cl)cc2)n1. The predicted molar refractivity (Wildman–Crippen MR) is 106 cm³/mol. The molecule has 0 aliphatic heterocycles. The third-order valence-corrected chi connectivity index (χ3v) is 5.18. The van der Waals surface area contributed by atoms with Crippen molar-refractivity contribution in [3.63, 3.8) is 0 Å². The lowest BCUT2D eigenvalue weighted by molar-refractivity contribution is -0.115. The fourth-order valence-electron chi connectivity index (χ4n) is 2.31. The van der Waals surface area contributed by atoms with E-state index in [1.54, 1.807) is 29.7 Å². The number of halogens is 1. The molecule has 2 heterocycles. The molecule has 2 aromatic heterocycles. The molecule has 0 bridgehead atoms. The zero-order valence-electron chi connectivity index (χ0n) is 14.7. The Hall–Kier alpha value is -2.51. The van der Waals surface area contributed by atoms with Gasteiger partial charge in [-0.15, -0.1) is 0 Å². The van der Waals surface area contributed by atoms with Crippen LogP contribution in [0.2, 0.25) is 5.02 Å². The van der Waals surface area contributed by atoms with E-state index in [9.17, 15) is 4.79 Å². The van der Waals surface area contributed by atoms with E-state index in [-0.39, 0.29) is 18.3 Å². The summed E-state index contributed by atoms with van der Waals surface area (Å²) in [6.45, 7) is 1.94. The van der Waals surface area contributed by atoms with Crippen LogP contribution in [0.15, 0.2) is 36.5 Å². The minimum atomic E-state index is -0.181. The number of hydrogen-bond acceptors (Lipinski definition) is 6. The molecule has 3 rings (SSSR count). The number of amides is 1. The van der Waals surface area contributed by atoms with Crippen LogP contribution >= 0.6 is 22.9 Å². The number of nitrogens with zero attached hydrogens (tertiary/aromatic N) is 4. The van der Waals surface area contributed by atoms with E-state index in [0.717, 1.165) is 27.0 Å². The Balaban J connectivity index is 1.75. The highest BCUT2D eigenvalue weighted by Gasteiger charge is 2.14. The molecule has 0 spiro atoms. The van der Waals surface area contributed by atoms with Gasteiger partial charge in [-0.2, -0.15) is 0 Å². The van der Waals surface area contributed by atoms with Crippen molar-refractivity contribution >= 4 is 39.9 Å². The summed E-state index contributed by atoms with van der Waals surface area (Å²) < 4.78 is 0. The molecule has 8 heteroatoms. The van der Waals surface area contributed by atoms with Crippen LogP contribution in [0.25, 0.3) is 10.6 Å². The molecule has 26 heavy (non-hydrogen) atoms. The summed E-state index contributed by atoms with van der Waals surface area (Å²) in [6, 6.07) is 8.98. The van der Waals surface area contributed by atoms with Crippen LogP contribution in [0.3, 0.4) is 0 Å². The summed E-state index contributed by atoms with van der Waals surface area (Å²) >= 11 is 7.41. The monoisotopic (exact) mass is 387 g/mol. The first-order valence-electron chi connectivity index (χ1n) is 7.95. The Labute approximate surface area is 160 Å². The van der Waals surface area contributed by atoms with Gasteiger partial charge in [-0.05, 0) is 30.7 Å². The second kappa shape index (κ2) is 7.80. The number of rotatable bonds is 5. The zero-order chi connectivity index (χ0) is 18.7. The molecule has 3 aromatic rings. The number of thiazole rings is 1. The summed E-state index contributed by atoms with van der Waals surface area (Å²) in [4.78, 5) is 28.3. The Bertz CT molecular complexity index is 924. The van der Waals surface area contributed by atoms with Crippen molar-refractivity contribution in [1.82, 2.24) is 15.0 Å². The van der Waals surface area contributed by atoms with Crippen molar-refractivity contribution in [3.8, 4) is 10.6 Å². The van der Waals surface area contributed by atoms with Crippen LogP contribution < -0.4 is 10.2 Å². The predicted octanol–water partition coefficient (Wildman–Crippen LogP) is 3.81. The van der Waals surface area contributed by atoms with Crippen LogP contribution in [0.1, 0.15) is 11.3 Å². The third-order valence-electron chi connectivity index (χ3n) is 3.59. The van der Waals surface area contributed by atoms with Crippen molar-refractivity contribution in [2.45, 2.75) is 13.3 Å². The van der Waals surface area contributed by atoms with E-state index in [0.29, 0.717) is 5.02 Å². The van der Waals surface area contributed by atoms with Crippen molar-refractivity contribution in [1.29, 1.82) is 0 Å². The highest BCUT2D eigenvalue weighted by atomic mass is 35.5. The molecule has 134 valence electrons. The van der Waals surface area contributed by atoms with E-state index in [4.69, 9.17) is 11.6 Å². The fourth-order valence-corrected chi connectivity index (χ4v) is 3.40. The number of benzene rings is 1. The molecule has 0 aliphatic rings. The van der Waals surface area contributed by atoms with Gasteiger partial charge < -0.3 is 4.90 Å². The van der Waals surface area contributed by atoms with Gasteiger partial charge in [-0.3, -0.25) is 10.1 Å². The van der Waals surface area contributed by atoms with Gasteiger partial charge in [0.1, 0.15) is 0 Å². The number of carbonyl (C=O) groups excluding carboxylic acids is 1. The Morgan fingerprint density at radius 2 is 1.92 bits per heavy atom. The van der Waals surface area contributed by atoms with Crippen LogP contribution in [0, 0.1) is 6.92 Å². The molecule has 0 aliphatic carbocycles. The van der Waals surface area contributed by atoms with Gasteiger partial charge in [0, 0.05) is 25.3 Å². The normalized spacial score (nSPS) is 10.6. The highest BCUT2D eigenvalue weighted by Crippen LogP contribution is 2.32. The van der Waals surface area contributed by atoms with E-state index in [1.807, 2.05) is 44.1 Å². The molecule has 6 nitrogen and oxygen atoms in total. The van der Waals surface area contributed by atoms with Crippen LogP contribution in [-0.4, -0.2) is 35.0 Å². The molecule has 1 amide bonds. The largest absolute Gasteiger partial charge is 0.354 e. The lowest BCUT2D eigenvalue weighted by Gasteiger charge is -2.06. The summed E-state index contributed by atoms with van der Waals surface area (Å²) in [5.41, 5.74) is 2.51. The zero-order valence-corrected chi connectivity index (χ0v) is 16.2. The average Bonchev–Trinajstić information content (AvgIpc) is 2.99. The standard InChI is InChI=1S/C18H18ClN5OS/c1-11-16(26-18(21-11)24(2)3)14-8-9-20-17(22-14)23-15(25)10-12-4-6-13(19)7-5-12/h4-9H,10H2,1-3H3,(H,20,22,23,25). The second-order valence-corrected chi connectivity index (χ2v) is 7.34. The summed E-state index contributed by atoms with van der Waals surface area (Å²) in [5.74, 6) is 0.0974. The van der Waals surface area contributed by atoms with E-state index < -0.39 is 0 Å². The topological polar surface area (TPSA) is 71.0 Å². The van der Waals surface area contributed by atoms with E-state index in [1.165, 1.54) is 0 Å². The summed E-state index contributed by atoms with van der Waals surface area (Å²) in [7, 11) is 3.90. The first-order valence-corrected chi connectivity index (χ1v) is 9.14. The van der Waals surface area contributed by atoms with Crippen molar-refractivity contribution in [3.05, 3.63) is 52.8 Å². The Morgan fingerprint density at radius 1 is 1.19 bits per heavy atom. The van der Waals surface area contributed by atoms with Gasteiger partial charge in [0.15, 0.2) is 5.13 Å². The maximum Gasteiger partial charge on any atom is 0.231 e. The first kappa shape index (κ1) is 18.3. The van der Waals surface area contributed by atoms with Gasteiger partial charge in [0.05, 0.1) is 22.7 Å². The second-order valence-electron chi connectivity index (χ2n) is 5.92. The first-order chi connectivity index (χ1) is 12.4.